The van der Waals surface area contributed by atoms with Gasteiger partial charge in [-0.1, -0.05) is 29.4 Å². The number of anilines is 1. The van der Waals surface area contributed by atoms with E-state index in [4.69, 9.17) is 11.6 Å². The molecular weight excluding hydrogens is 292 g/mol. The zero-order valence-corrected chi connectivity index (χ0v) is 11.7. The van der Waals surface area contributed by atoms with E-state index in [-0.39, 0.29) is 22.8 Å². The van der Waals surface area contributed by atoms with Crippen LogP contribution in [0.3, 0.4) is 0 Å². The van der Waals surface area contributed by atoms with Crippen molar-refractivity contribution in [1.82, 2.24) is 0 Å². The normalized spacial score (nSPS) is 28.8. The number of thioether (sulfide) groups is 1. The maximum Gasteiger partial charge on any atom is 0.161 e. The molecule has 1 aromatic rings. The van der Waals surface area contributed by atoms with Gasteiger partial charge in [-0.15, -0.1) is 0 Å². The number of rotatable bonds is 1. The SMILES string of the molecule is O=S1(=O)C[C@@H]2SC(Nc3cccc(Cl)c3)=N[C@@H]2C1. The van der Waals surface area contributed by atoms with Crippen LogP contribution in [0.4, 0.5) is 5.69 Å². The number of fused-ring (bicyclic) bond motifs is 1. The molecule has 4 nitrogen and oxygen atoms in total. The molecule has 0 aromatic heterocycles. The van der Waals surface area contributed by atoms with Crippen molar-refractivity contribution in [3.63, 3.8) is 0 Å². The van der Waals surface area contributed by atoms with Gasteiger partial charge < -0.3 is 5.32 Å². The first-order chi connectivity index (χ1) is 8.52. The molecule has 1 saturated heterocycles. The van der Waals surface area contributed by atoms with Crippen LogP contribution < -0.4 is 5.32 Å². The third-order valence-electron chi connectivity index (χ3n) is 2.89. The molecule has 1 fully saturated rings. The average Bonchev–Trinajstić information content (AvgIpc) is 2.70. The predicted octanol–water partition coefficient (Wildman–Crippen LogP) is 2.02. The molecule has 0 radical (unpaired) electrons. The van der Waals surface area contributed by atoms with Gasteiger partial charge in [0, 0.05) is 16.0 Å². The molecule has 0 aliphatic carbocycles. The Morgan fingerprint density at radius 1 is 1.39 bits per heavy atom. The number of sulfone groups is 1. The predicted molar refractivity (Wildman–Crippen MR) is 76.3 cm³/mol. The first-order valence-electron chi connectivity index (χ1n) is 5.49. The van der Waals surface area contributed by atoms with Crippen LogP contribution in [0.5, 0.6) is 0 Å². The lowest BCUT2D eigenvalue weighted by molar-refractivity contribution is 0.601. The second kappa shape index (κ2) is 4.43. The quantitative estimate of drug-likeness (QED) is 0.862. The van der Waals surface area contributed by atoms with Crippen molar-refractivity contribution in [1.29, 1.82) is 0 Å². The summed E-state index contributed by atoms with van der Waals surface area (Å²) in [6.45, 7) is 0. The Kier molecular flexibility index (Phi) is 3.03. The third-order valence-corrected chi connectivity index (χ3v) is 6.27. The number of aliphatic imine (C=N–C) groups is 1. The maximum atomic E-state index is 11.4. The lowest BCUT2D eigenvalue weighted by Crippen LogP contribution is -2.13. The fourth-order valence-electron chi connectivity index (χ4n) is 2.11. The van der Waals surface area contributed by atoms with Crippen molar-refractivity contribution in [2.45, 2.75) is 11.3 Å². The summed E-state index contributed by atoms with van der Waals surface area (Å²) in [5.74, 6) is 0.401. The molecule has 1 N–H and O–H groups in total. The van der Waals surface area contributed by atoms with Crippen molar-refractivity contribution in [2.24, 2.45) is 4.99 Å². The van der Waals surface area contributed by atoms with Crippen LogP contribution in [0.2, 0.25) is 5.02 Å². The number of nitrogens with zero attached hydrogens (tertiary/aromatic N) is 1. The summed E-state index contributed by atoms with van der Waals surface area (Å²) in [7, 11) is -2.89. The first kappa shape index (κ1) is 12.3. The van der Waals surface area contributed by atoms with Crippen molar-refractivity contribution in [3.8, 4) is 0 Å². The zero-order valence-electron chi connectivity index (χ0n) is 9.34. The Morgan fingerprint density at radius 2 is 2.22 bits per heavy atom. The van der Waals surface area contributed by atoms with Crippen LogP contribution >= 0.6 is 23.4 Å². The fourth-order valence-corrected chi connectivity index (χ4v) is 5.97. The molecule has 0 saturated carbocycles. The number of benzene rings is 1. The van der Waals surface area contributed by atoms with Crippen molar-refractivity contribution in [2.75, 3.05) is 16.8 Å². The highest BCUT2D eigenvalue weighted by Crippen LogP contribution is 2.34. The van der Waals surface area contributed by atoms with Crippen molar-refractivity contribution in [3.05, 3.63) is 29.3 Å². The average molecular weight is 303 g/mol. The van der Waals surface area contributed by atoms with Crippen molar-refractivity contribution >= 4 is 44.1 Å². The van der Waals surface area contributed by atoms with Gasteiger partial charge >= 0.3 is 0 Å². The molecule has 96 valence electrons. The lowest BCUT2D eigenvalue weighted by atomic mass is 10.3. The van der Waals surface area contributed by atoms with Gasteiger partial charge in [-0.05, 0) is 18.2 Å². The summed E-state index contributed by atoms with van der Waals surface area (Å²) in [4.78, 5) is 4.42. The van der Waals surface area contributed by atoms with Crippen LogP contribution in [-0.2, 0) is 9.84 Å². The number of amidine groups is 1. The molecule has 3 rings (SSSR count). The summed E-state index contributed by atoms with van der Waals surface area (Å²) < 4.78 is 22.9. The number of nitrogens with one attached hydrogen (secondary N) is 1. The fraction of sp³-hybridized carbons (Fsp3) is 0.364. The van der Waals surface area contributed by atoms with Crippen molar-refractivity contribution < 1.29 is 8.42 Å². The Hall–Kier alpha value is -0.720. The minimum Gasteiger partial charge on any atom is -0.335 e. The molecule has 7 heteroatoms. The zero-order chi connectivity index (χ0) is 12.8. The van der Waals surface area contributed by atoms with E-state index in [2.05, 4.69) is 10.3 Å². The van der Waals surface area contributed by atoms with Gasteiger partial charge in [-0.25, -0.2) is 8.42 Å². The minimum atomic E-state index is -2.89. The largest absolute Gasteiger partial charge is 0.335 e. The van der Waals surface area contributed by atoms with Gasteiger partial charge in [-0.3, -0.25) is 4.99 Å². The molecule has 0 bridgehead atoms. The topological polar surface area (TPSA) is 58.5 Å². The second-order valence-electron chi connectivity index (χ2n) is 4.37. The highest BCUT2D eigenvalue weighted by Gasteiger charge is 2.42. The molecule has 0 amide bonds. The smallest absolute Gasteiger partial charge is 0.161 e. The molecule has 2 aliphatic heterocycles. The molecule has 2 heterocycles. The summed E-state index contributed by atoms with van der Waals surface area (Å²) in [6.07, 6.45) is 0. The van der Waals surface area contributed by atoms with E-state index in [0.717, 1.165) is 10.9 Å². The van der Waals surface area contributed by atoms with E-state index in [1.54, 1.807) is 6.07 Å². The minimum absolute atomic E-state index is 0.0664. The van der Waals surface area contributed by atoms with Gasteiger partial charge in [-0.2, -0.15) is 0 Å². The Morgan fingerprint density at radius 3 is 2.94 bits per heavy atom. The van der Waals surface area contributed by atoms with Crippen LogP contribution in [0.1, 0.15) is 0 Å². The standard InChI is InChI=1S/C11H11ClN2O2S2/c12-7-2-1-3-8(4-7)13-11-14-9-5-18(15,16)6-10(9)17-11/h1-4,9-10H,5-6H2,(H,13,14)/t9-,10+/m1/s1. The summed E-state index contributed by atoms with van der Waals surface area (Å²) >= 11 is 7.40. The highest BCUT2D eigenvalue weighted by molar-refractivity contribution is 8.15. The molecule has 0 spiro atoms. The van der Waals surface area contributed by atoms with Crippen LogP contribution in [-0.4, -0.2) is 36.4 Å². The first-order valence-corrected chi connectivity index (χ1v) is 8.57. The Bertz CT molecular complexity index is 615. The summed E-state index contributed by atoms with van der Waals surface area (Å²) in [6, 6.07) is 7.28. The third kappa shape index (κ3) is 2.50. The van der Waals surface area contributed by atoms with E-state index in [1.165, 1.54) is 11.8 Å². The molecule has 1 aromatic carbocycles. The lowest BCUT2D eigenvalue weighted by Gasteiger charge is -2.06. The van der Waals surface area contributed by atoms with E-state index < -0.39 is 9.84 Å². The number of halogens is 1. The Balaban J connectivity index is 1.74. The molecule has 0 unspecified atom stereocenters. The van der Waals surface area contributed by atoms with Crippen LogP contribution in [0.25, 0.3) is 0 Å². The molecular formula is C11H11ClN2O2S2. The number of hydrogen-bond donors (Lipinski definition) is 1. The van der Waals surface area contributed by atoms with Gasteiger partial charge in [0.2, 0.25) is 0 Å². The maximum absolute atomic E-state index is 11.4. The van der Waals surface area contributed by atoms with Crippen LogP contribution in [0, 0.1) is 0 Å². The van der Waals surface area contributed by atoms with Gasteiger partial charge in [0.25, 0.3) is 0 Å². The van der Waals surface area contributed by atoms with Crippen LogP contribution in [0.15, 0.2) is 29.3 Å². The molecule has 2 aliphatic rings. The monoisotopic (exact) mass is 302 g/mol. The highest BCUT2D eigenvalue weighted by atomic mass is 35.5. The van der Waals surface area contributed by atoms with Gasteiger partial charge in [0.05, 0.1) is 17.5 Å². The van der Waals surface area contributed by atoms with Gasteiger partial charge in [0.1, 0.15) is 0 Å². The van der Waals surface area contributed by atoms with Gasteiger partial charge in [0.15, 0.2) is 15.0 Å². The second-order valence-corrected chi connectivity index (χ2v) is 8.19. The number of hydrogen-bond acceptors (Lipinski definition) is 5. The summed E-state index contributed by atoms with van der Waals surface area (Å²) in [5.41, 5.74) is 0.872. The summed E-state index contributed by atoms with van der Waals surface area (Å²) in [5, 5.41) is 4.68. The van der Waals surface area contributed by atoms with E-state index in [1.807, 2.05) is 18.2 Å². The van der Waals surface area contributed by atoms with E-state index >= 15 is 0 Å². The molecule has 18 heavy (non-hydrogen) atoms. The van der Waals surface area contributed by atoms with E-state index in [9.17, 15) is 8.42 Å². The van der Waals surface area contributed by atoms with E-state index in [0.29, 0.717) is 5.02 Å². The Labute approximate surface area is 115 Å². The molecule has 2 atom stereocenters.